The van der Waals surface area contributed by atoms with Crippen molar-refractivity contribution in [3.8, 4) is 11.3 Å². The molecule has 0 aliphatic carbocycles. The molecule has 0 unspecified atom stereocenters. The number of benzene rings is 1. The maximum Gasteiger partial charge on any atom is 0.261 e. The Morgan fingerprint density at radius 1 is 1.38 bits per heavy atom. The molecule has 26 heavy (non-hydrogen) atoms. The van der Waals surface area contributed by atoms with Crippen molar-refractivity contribution in [2.45, 2.75) is 12.5 Å². The van der Waals surface area contributed by atoms with Crippen molar-refractivity contribution in [1.82, 2.24) is 15.1 Å². The van der Waals surface area contributed by atoms with Crippen molar-refractivity contribution in [3.05, 3.63) is 63.2 Å². The van der Waals surface area contributed by atoms with E-state index in [4.69, 9.17) is 17.3 Å². The summed E-state index contributed by atoms with van der Waals surface area (Å²) in [5.41, 5.74) is 8.30. The number of aryl methyl sites for hydroxylation is 1. The van der Waals surface area contributed by atoms with Crippen molar-refractivity contribution in [2.24, 2.45) is 12.8 Å². The molecule has 3 N–H and O–H groups in total. The Bertz CT molecular complexity index is 906. The van der Waals surface area contributed by atoms with Crippen LogP contribution >= 0.6 is 22.9 Å². The van der Waals surface area contributed by atoms with E-state index in [9.17, 15) is 9.18 Å². The van der Waals surface area contributed by atoms with Crippen LogP contribution < -0.4 is 11.1 Å². The number of rotatable bonds is 6. The van der Waals surface area contributed by atoms with Gasteiger partial charge >= 0.3 is 0 Å². The fraction of sp³-hybridized carbons (Fsp3) is 0.222. The largest absolute Gasteiger partial charge is 0.347 e. The summed E-state index contributed by atoms with van der Waals surface area (Å²) in [6, 6.07) is 9.50. The number of amides is 1. The Kier molecular flexibility index (Phi) is 5.70. The van der Waals surface area contributed by atoms with Gasteiger partial charge in [0.1, 0.15) is 10.2 Å². The van der Waals surface area contributed by atoms with E-state index in [1.807, 2.05) is 13.1 Å². The van der Waals surface area contributed by atoms with Gasteiger partial charge in [-0.05, 0) is 36.2 Å². The molecule has 8 heteroatoms. The molecule has 0 fully saturated rings. The zero-order valence-electron chi connectivity index (χ0n) is 14.1. The average molecular weight is 393 g/mol. The number of aromatic nitrogens is 2. The second kappa shape index (κ2) is 7.99. The van der Waals surface area contributed by atoms with E-state index < -0.39 is 0 Å². The van der Waals surface area contributed by atoms with Crippen molar-refractivity contribution < 1.29 is 9.18 Å². The molecule has 3 aromatic rings. The smallest absolute Gasteiger partial charge is 0.261 e. The van der Waals surface area contributed by atoms with Crippen LogP contribution in [0.1, 0.15) is 15.2 Å². The Hall–Kier alpha value is -2.22. The zero-order chi connectivity index (χ0) is 18.7. The van der Waals surface area contributed by atoms with Crippen molar-refractivity contribution >= 4 is 28.8 Å². The van der Waals surface area contributed by atoms with Gasteiger partial charge in [0.25, 0.3) is 5.91 Å². The lowest BCUT2D eigenvalue weighted by Gasteiger charge is -2.16. The predicted octanol–water partition coefficient (Wildman–Crippen LogP) is 3.24. The van der Waals surface area contributed by atoms with E-state index in [-0.39, 0.29) is 24.3 Å². The Labute approximate surface area is 159 Å². The summed E-state index contributed by atoms with van der Waals surface area (Å²) < 4.78 is 15.2. The minimum Gasteiger partial charge on any atom is -0.347 e. The maximum atomic E-state index is 13.0. The van der Waals surface area contributed by atoms with Crippen LogP contribution in [0.5, 0.6) is 0 Å². The summed E-state index contributed by atoms with van der Waals surface area (Å²) >= 11 is 7.52. The van der Waals surface area contributed by atoms with Gasteiger partial charge in [-0.25, -0.2) is 4.39 Å². The van der Waals surface area contributed by atoms with Crippen LogP contribution in [0.4, 0.5) is 4.39 Å². The summed E-state index contributed by atoms with van der Waals surface area (Å²) in [6.07, 6.45) is 2.20. The summed E-state index contributed by atoms with van der Waals surface area (Å²) in [5.74, 6) is -0.527. The van der Waals surface area contributed by atoms with E-state index in [0.29, 0.717) is 15.6 Å². The molecular weight excluding hydrogens is 375 g/mol. The number of carbonyl (C=O) groups excluding carboxylic acids is 1. The lowest BCUT2D eigenvalue weighted by molar-refractivity contribution is 0.0942. The van der Waals surface area contributed by atoms with E-state index >= 15 is 0 Å². The number of nitrogens with two attached hydrogens (primary N) is 1. The van der Waals surface area contributed by atoms with Crippen LogP contribution in [-0.2, 0) is 13.5 Å². The van der Waals surface area contributed by atoms with Gasteiger partial charge in [-0.1, -0.05) is 23.7 Å². The van der Waals surface area contributed by atoms with Gasteiger partial charge in [-0.2, -0.15) is 5.10 Å². The highest BCUT2D eigenvalue weighted by atomic mass is 35.5. The van der Waals surface area contributed by atoms with Crippen molar-refractivity contribution in [2.75, 3.05) is 6.54 Å². The highest BCUT2D eigenvalue weighted by Gasteiger charge is 2.19. The molecule has 2 aromatic heterocycles. The van der Waals surface area contributed by atoms with Crippen molar-refractivity contribution in [1.29, 1.82) is 0 Å². The fourth-order valence-corrected chi connectivity index (χ4v) is 3.84. The monoisotopic (exact) mass is 392 g/mol. The molecule has 2 heterocycles. The molecule has 136 valence electrons. The standard InChI is InChI=1S/C18H18ClFN4OS/c1-24-15(6-7-22-24)14-9-16(26-17(14)19)18(25)23-13(10-21)8-11-2-4-12(20)5-3-11/h2-7,9,13H,8,10,21H2,1H3,(H,23,25)/t13-/m0/s1. The molecule has 0 spiro atoms. The third kappa shape index (κ3) is 4.12. The second-order valence-electron chi connectivity index (χ2n) is 5.87. The lowest BCUT2D eigenvalue weighted by Crippen LogP contribution is -2.41. The van der Waals surface area contributed by atoms with E-state index in [0.717, 1.165) is 16.8 Å². The topological polar surface area (TPSA) is 72.9 Å². The Morgan fingerprint density at radius 3 is 2.73 bits per heavy atom. The molecule has 0 radical (unpaired) electrons. The van der Waals surface area contributed by atoms with Crippen molar-refractivity contribution in [3.63, 3.8) is 0 Å². The number of halogens is 2. The molecule has 0 saturated carbocycles. The highest BCUT2D eigenvalue weighted by Crippen LogP contribution is 2.35. The third-order valence-electron chi connectivity index (χ3n) is 4.02. The molecule has 0 aliphatic rings. The van der Waals surface area contributed by atoms with Gasteiger partial charge in [-0.15, -0.1) is 11.3 Å². The molecule has 0 bridgehead atoms. The van der Waals surface area contributed by atoms with Crippen LogP contribution in [-0.4, -0.2) is 28.3 Å². The van der Waals surface area contributed by atoms with Gasteiger partial charge in [0, 0.05) is 31.4 Å². The molecule has 5 nitrogen and oxygen atoms in total. The first-order valence-electron chi connectivity index (χ1n) is 8.01. The SMILES string of the molecule is Cn1nccc1-c1cc(C(=O)N[C@H](CN)Cc2ccc(F)cc2)sc1Cl. The quantitative estimate of drug-likeness (QED) is 0.676. The molecule has 1 atom stereocenters. The minimum atomic E-state index is -0.294. The number of hydrogen-bond donors (Lipinski definition) is 2. The Balaban J connectivity index is 1.72. The number of nitrogens with one attached hydrogen (secondary N) is 1. The normalized spacial score (nSPS) is 12.2. The van der Waals surface area contributed by atoms with Gasteiger partial charge in [0.2, 0.25) is 0 Å². The Morgan fingerprint density at radius 2 is 2.12 bits per heavy atom. The minimum absolute atomic E-state index is 0.233. The van der Waals surface area contributed by atoms with E-state index in [1.165, 1.54) is 23.5 Å². The molecule has 3 rings (SSSR count). The molecule has 1 aromatic carbocycles. The van der Waals surface area contributed by atoms with E-state index in [1.54, 1.807) is 29.1 Å². The molecule has 0 saturated heterocycles. The fourth-order valence-electron chi connectivity index (χ4n) is 2.65. The number of hydrogen-bond acceptors (Lipinski definition) is 4. The first-order valence-corrected chi connectivity index (χ1v) is 9.20. The zero-order valence-corrected chi connectivity index (χ0v) is 15.6. The number of thiophene rings is 1. The maximum absolute atomic E-state index is 13.0. The first kappa shape index (κ1) is 18.6. The van der Waals surface area contributed by atoms with Gasteiger partial charge in [-0.3, -0.25) is 9.48 Å². The molecule has 0 aliphatic heterocycles. The summed E-state index contributed by atoms with van der Waals surface area (Å²) in [7, 11) is 1.82. The second-order valence-corrected chi connectivity index (χ2v) is 7.53. The van der Waals surface area contributed by atoms with E-state index in [2.05, 4.69) is 10.4 Å². The van der Waals surface area contributed by atoms with Gasteiger partial charge in [0.05, 0.1) is 10.6 Å². The lowest BCUT2D eigenvalue weighted by atomic mass is 10.1. The third-order valence-corrected chi connectivity index (χ3v) is 5.38. The molecular formula is C18H18ClFN4OS. The van der Waals surface area contributed by atoms with Crippen LogP contribution in [0.3, 0.4) is 0 Å². The summed E-state index contributed by atoms with van der Waals surface area (Å²) in [6.45, 7) is 0.275. The first-order chi connectivity index (χ1) is 12.5. The van der Waals surface area contributed by atoms with Gasteiger partial charge < -0.3 is 11.1 Å². The van der Waals surface area contributed by atoms with Crippen LogP contribution in [0, 0.1) is 5.82 Å². The van der Waals surface area contributed by atoms with Gasteiger partial charge in [0.15, 0.2) is 0 Å². The summed E-state index contributed by atoms with van der Waals surface area (Å²) in [4.78, 5) is 13.1. The van der Waals surface area contributed by atoms with Crippen LogP contribution in [0.2, 0.25) is 4.34 Å². The highest BCUT2D eigenvalue weighted by molar-refractivity contribution is 7.18. The predicted molar refractivity (Wildman–Crippen MR) is 102 cm³/mol. The number of carbonyl (C=O) groups is 1. The van der Waals surface area contributed by atoms with Crippen LogP contribution in [0.25, 0.3) is 11.3 Å². The molecule has 1 amide bonds. The summed E-state index contributed by atoms with van der Waals surface area (Å²) in [5, 5.41) is 7.04. The average Bonchev–Trinajstić information content (AvgIpc) is 3.21. The van der Waals surface area contributed by atoms with Crippen LogP contribution in [0.15, 0.2) is 42.6 Å². The number of nitrogens with zero attached hydrogens (tertiary/aromatic N) is 2.